The third-order valence-electron chi connectivity index (χ3n) is 6.80. The summed E-state index contributed by atoms with van der Waals surface area (Å²) in [5.41, 5.74) is 5.07. The summed E-state index contributed by atoms with van der Waals surface area (Å²) < 4.78 is 7.47. The van der Waals surface area contributed by atoms with Gasteiger partial charge in [0.1, 0.15) is 5.75 Å². The average molecular weight is 512 g/mol. The molecule has 3 aromatic carbocycles. The summed E-state index contributed by atoms with van der Waals surface area (Å²) in [4.78, 5) is 30.0. The van der Waals surface area contributed by atoms with Crippen LogP contribution >= 0.6 is 11.3 Å². The number of phenolic OH excluding ortho intramolecular Hbond substituents is 1. The molecule has 0 radical (unpaired) electrons. The maximum atomic E-state index is 13.8. The first-order valence-corrected chi connectivity index (χ1v) is 12.5. The SMILES string of the molecule is COc1ccc([C@@H]2C3=C(N=c4s/c(=C/c5ccc(O)c([N+](=O)[O-])c5)c(=O)n42)c2ccccc2CC3)cc1. The Morgan fingerprint density at radius 1 is 1.14 bits per heavy atom. The van der Waals surface area contributed by atoms with Crippen molar-refractivity contribution in [1.29, 1.82) is 0 Å². The number of hydrogen-bond donors (Lipinski definition) is 1. The third-order valence-corrected chi connectivity index (χ3v) is 7.78. The number of nitro benzene ring substituents is 1. The van der Waals surface area contributed by atoms with Crippen LogP contribution < -0.4 is 19.6 Å². The largest absolute Gasteiger partial charge is 0.502 e. The molecule has 1 atom stereocenters. The van der Waals surface area contributed by atoms with Gasteiger partial charge in [0.25, 0.3) is 5.56 Å². The summed E-state index contributed by atoms with van der Waals surface area (Å²) in [6, 6.07) is 19.7. The van der Waals surface area contributed by atoms with Crippen LogP contribution in [0, 0.1) is 10.1 Å². The smallest absolute Gasteiger partial charge is 0.311 e. The van der Waals surface area contributed by atoms with Crippen LogP contribution in [-0.2, 0) is 6.42 Å². The molecule has 0 saturated heterocycles. The summed E-state index contributed by atoms with van der Waals surface area (Å²) >= 11 is 1.25. The Morgan fingerprint density at radius 3 is 2.68 bits per heavy atom. The van der Waals surface area contributed by atoms with Gasteiger partial charge in [0.2, 0.25) is 0 Å². The molecule has 1 aliphatic heterocycles. The molecular weight excluding hydrogens is 490 g/mol. The van der Waals surface area contributed by atoms with E-state index in [0.717, 1.165) is 41.0 Å². The fourth-order valence-corrected chi connectivity index (χ4v) is 6.04. The van der Waals surface area contributed by atoms with E-state index in [-0.39, 0.29) is 11.6 Å². The van der Waals surface area contributed by atoms with E-state index in [1.54, 1.807) is 23.8 Å². The number of allylic oxidation sites excluding steroid dienone is 1. The minimum absolute atomic E-state index is 0.217. The first-order chi connectivity index (χ1) is 17.9. The Hall–Kier alpha value is -4.50. The number of hydrogen-bond acceptors (Lipinski definition) is 7. The normalized spacial score (nSPS) is 16.5. The highest BCUT2D eigenvalue weighted by molar-refractivity contribution is 7.07. The molecule has 0 spiro atoms. The fourth-order valence-electron chi connectivity index (χ4n) is 5.04. The Kier molecular flexibility index (Phi) is 5.49. The Labute approximate surface area is 214 Å². The van der Waals surface area contributed by atoms with Gasteiger partial charge in [0, 0.05) is 11.6 Å². The number of thiazole rings is 1. The van der Waals surface area contributed by atoms with Gasteiger partial charge in [-0.3, -0.25) is 19.5 Å². The van der Waals surface area contributed by atoms with Crippen LogP contribution in [0.5, 0.6) is 11.5 Å². The third kappa shape index (κ3) is 3.84. The number of methoxy groups -OCH3 is 1. The number of nitro groups is 1. The van der Waals surface area contributed by atoms with E-state index in [2.05, 4.69) is 12.1 Å². The van der Waals surface area contributed by atoms with Gasteiger partial charge < -0.3 is 9.84 Å². The molecule has 4 aromatic rings. The van der Waals surface area contributed by atoms with E-state index < -0.39 is 16.4 Å². The summed E-state index contributed by atoms with van der Waals surface area (Å²) in [5, 5.41) is 21.1. The van der Waals surface area contributed by atoms with Crippen molar-refractivity contribution in [1.82, 2.24) is 4.57 Å². The zero-order chi connectivity index (χ0) is 25.7. The van der Waals surface area contributed by atoms with Gasteiger partial charge in [-0.2, -0.15) is 0 Å². The van der Waals surface area contributed by atoms with Gasteiger partial charge in [-0.25, -0.2) is 4.99 Å². The highest BCUT2D eigenvalue weighted by Gasteiger charge is 2.32. The number of ether oxygens (including phenoxy) is 1. The molecule has 1 aliphatic carbocycles. The van der Waals surface area contributed by atoms with Gasteiger partial charge >= 0.3 is 5.69 Å². The maximum absolute atomic E-state index is 13.8. The van der Waals surface area contributed by atoms with Crippen molar-refractivity contribution in [3.8, 4) is 11.5 Å². The minimum Gasteiger partial charge on any atom is -0.502 e. The molecule has 184 valence electrons. The Balaban J connectivity index is 1.59. The molecule has 0 fully saturated rings. The minimum atomic E-state index is -0.649. The lowest BCUT2D eigenvalue weighted by molar-refractivity contribution is -0.385. The topological polar surface area (TPSA) is 107 Å². The number of benzene rings is 3. The number of fused-ring (bicyclic) bond motifs is 3. The van der Waals surface area contributed by atoms with Gasteiger partial charge in [-0.05, 0) is 59.4 Å². The quantitative estimate of drug-likeness (QED) is 0.330. The Bertz CT molecular complexity index is 1780. The highest BCUT2D eigenvalue weighted by Crippen LogP contribution is 2.41. The number of aromatic hydroxyl groups is 1. The molecule has 0 bridgehead atoms. The molecule has 1 N–H and O–H groups in total. The van der Waals surface area contributed by atoms with Crippen molar-refractivity contribution in [2.24, 2.45) is 4.99 Å². The molecule has 8 nitrogen and oxygen atoms in total. The van der Waals surface area contributed by atoms with Crippen molar-refractivity contribution < 1.29 is 14.8 Å². The summed E-state index contributed by atoms with van der Waals surface area (Å²) in [7, 11) is 1.62. The number of phenols is 1. The molecule has 9 heteroatoms. The molecule has 37 heavy (non-hydrogen) atoms. The first-order valence-electron chi connectivity index (χ1n) is 11.7. The fraction of sp³-hybridized carbons (Fsp3) is 0.143. The predicted octanol–water partition coefficient (Wildman–Crippen LogP) is 3.94. The lowest BCUT2D eigenvalue weighted by atomic mass is 9.83. The van der Waals surface area contributed by atoms with E-state index in [4.69, 9.17) is 9.73 Å². The van der Waals surface area contributed by atoms with Crippen LogP contribution in [0.25, 0.3) is 11.8 Å². The van der Waals surface area contributed by atoms with E-state index in [1.165, 1.54) is 29.0 Å². The zero-order valence-electron chi connectivity index (χ0n) is 19.7. The van der Waals surface area contributed by atoms with Gasteiger partial charge in [-0.15, -0.1) is 0 Å². The van der Waals surface area contributed by atoms with Crippen LogP contribution in [0.3, 0.4) is 0 Å². The van der Waals surface area contributed by atoms with Crippen molar-refractivity contribution in [2.45, 2.75) is 18.9 Å². The van der Waals surface area contributed by atoms with Crippen molar-refractivity contribution in [3.05, 3.63) is 124 Å². The molecule has 0 unspecified atom stereocenters. The van der Waals surface area contributed by atoms with E-state index in [1.807, 2.05) is 36.4 Å². The van der Waals surface area contributed by atoms with E-state index >= 15 is 0 Å². The van der Waals surface area contributed by atoms with Gasteiger partial charge in [0.15, 0.2) is 10.6 Å². The number of nitrogens with zero attached hydrogens (tertiary/aromatic N) is 3. The van der Waals surface area contributed by atoms with Crippen molar-refractivity contribution >= 4 is 28.8 Å². The van der Waals surface area contributed by atoms with E-state index in [9.17, 15) is 20.0 Å². The number of aryl methyl sites for hydroxylation is 1. The monoisotopic (exact) mass is 511 g/mol. The molecule has 6 rings (SSSR count). The van der Waals surface area contributed by atoms with Gasteiger partial charge in [-0.1, -0.05) is 53.8 Å². The second-order valence-corrected chi connectivity index (χ2v) is 9.90. The summed E-state index contributed by atoms with van der Waals surface area (Å²) in [5.74, 6) is 0.308. The van der Waals surface area contributed by atoms with Crippen molar-refractivity contribution in [3.63, 3.8) is 0 Å². The van der Waals surface area contributed by atoms with Crippen LogP contribution in [0.15, 0.2) is 82.1 Å². The molecule has 2 aliphatic rings. The maximum Gasteiger partial charge on any atom is 0.311 e. The highest BCUT2D eigenvalue weighted by atomic mass is 32.1. The van der Waals surface area contributed by atoms with Crippen LogP contribution in [0.2, 0.25) is 0 Å². The number of aromatic nitrogens is 1. The van der Waals surface area contributed by atoms with Crippen LogP contribution in [0.1, 0.15) is 34.7 Å². The molecule has 0 amide bonds. The second-order valence-electron chi connectivity index (χ2n) is 8.89. The molecule has 0 saturated carbocycles. The standard InChI is InChI=1S/C28H21N3O5S/c1-36-19-10-7-18(8-11-19)26-21-12-9-17-4-2-3-5-20(17)25(21)29-28-30(26)27(33)24(37-28)15-16-6-13-23(32)22(14-16)31(34)35/h2-8,10-11,13-15,26,32H,9,12H2,1H3/b24-15+/t26-/m1/s1. The molecular formula is C28H21N3O5S. The van der Waals surface area contributed by atoms with Crippen molar-refractivity contribution in [2.75, 3.05) is 7.11 Å². The Morgan fingerprint density at radius 2 is 1.92 bits per heavy atom. The first kappa shape index (κ1) is 22.9. The van der Waals surface area contributed by atoms with Gasteiger partial charge in [0.05, 0.1) is 28.3 Å². The summed E-state index contributed by atoms with van der Waals surface area (Å²) in [6.45, 7) is 0. The second kappa shape index (κ2) is 8.86. The predicted molar refractivity (Wildman–Crippen MR) is 141 cm³/mol. The molecule has 1 aromatic heterocycles. The lowest BCUT2D eigenvalue weighted by Gasteiger charge is -2.30. The average Bonchev–Trinajstić information content (AvgIpc) is 3.22. The van der Waals surface area contributed by atoms with Crippen LogP contribution in [-0.4, -0.2) is 21.7 Å². The van der Waals surface area contributed by atoms with Crippen LogP contribution in [0.4, 0.5) is 5.69 Å². The number of rotatable bonds is 4. The van der Waals surface area contributed by atoms with E-state index in [0.29, 0.717) is 14.9 Å². The zero-order valence-corrected chi connectivity index (χ0v) is 20.6. The lowest BCUT2D eigenvalue weighted by Crippen LogP contribution is -2.38. The summed E-state index contributed by atoms with van der Waals surface area (Å²) in [6.07, 6.45) is 3.25. The molecule has 2 heterocycles.